The van der Waals surface area contributed by atoms with Crippen molar-refractivity contribution >= 4 is 7.21 Å². The monoisotopic (exact) mass is 204 g/mol. The first-order valence-corrected chi connectivity index (χ1v) is 7.30. The van der Waals surface area contributed by atoms with Crippen LogP contribution < -0.4 is 5.32 Å². The van der Waals surface area contributed by atoms with E-state index in [0.717, 1.165) is 19.3 Å². The standard InChI is InChI=1S/C9H22N3P/c1-4-13(10,9(2)3)12-7-5-11-6-8-12/h9-11H,4-8H2,1-3H3/p+1. The maximum Gasteiger partial charge on any atom is 0.0888 e. The smallest absolute Gasteiger partial charge is 0.0888 e. The van der Waals surface area contributed by atoms with Crippen molar-refractivity contribution in [2.75, 3.05) is 32.3 Å². The van der Waals surface area contributed by atoms with E-state index in [1.54, 1.807) is 0 Å². The van der Waals surface area contributed by atoms with E-state index >= 15 is 0 Å². The lowest BCUT2D eigenvalue weighted by molar-refractivity contribution is -0.661. The average molecular weight is 204 g/mol. The Balaban J connectivity index is 2.69. The highest BCUT2D eigenvalue weighted by Crippen LogP contribution is 2.53. The number of quaternary nitrogens is 1. The number of nitrogens with zero attached hydrogens (tertiary/aromatic N) is 1. The van der Waals surface area contributed by atoms with Crippen molar-refractivity contribution in [3.63, 3.8) is 0 Å². The van der Waals surface area contributed by atoms with Crippen molar-refractivity contribution in [3.8, 4) is 0 Å². The van der Waals surface area contributed by atoms with Gasteiger partial charge in [0, 0.05) is 12.9 Å². The quantitative estimate of drug-likeness (QED) is 0.661. The molecule has 1 aliphatic heterocycles. The Morgan fingerprint density at radius 2 is 1.92 bits per heavy atom. The summed E-state index contributed by atoms with van der Waals surface area (Å²) >= 11 is 0. The van der Waals surface area contributed by atoms with E-state index < -0.39 is 7.21 Å². The molecule has 1 aliphatic rings. The van der Waals surface area contributed by atoms with Gasteiger partial charge in [0.2, 0.25) is 0 Å². The summed E-state index contributed by atoms with van der Waals surface area (Å²) in [6.45, 7) is 11.2. The fourth-order valence-electron chi connectivity index (χ4n) is 1.99. The van der Waals surface area contributed by atoms with Crippen molar-refractivity contribution in [2.45, 2.75) is 26.4 Å². The van der Waals surface area contributed by atoms with Crippen molar-refractivity contribution in [3.05, 3.63) is 0 Å². The molecule has 0 aromatic heterocycles. The summed E-state index contributed by atoms with van der Waals surface area (Å²) in [6, 6.07) is 0. The van der Waals surface area contributed by atoms with Crippen LogP contribution in [0.25, 0.3) is 0 Å². The van der Waals surface area contributed by atoms with Crippen LogP contribution in [-0.4, -0.2) is 42.7 Å². The number of hydrogen-bond donors (Lipinski definition) is 2. The number of rotatable bonds is 3. The van der Waals surface area contributed by atoms with E-state index in [0.29, 0.717) is 5.66 Å². The Morgan fingerprint density at radius 1 is 1.38 bits per heavy atom. The van der Waals surface area contributed by atoms with Gasteiger partial charge < -0.3 is 10.5 Å². The van der Waals surface area contributed by atoms with E-state index in [9.17, 15) is 0 Å². The van der Waals surface area contributed by atoms with Gasteiger partial charge in [-0.15, -0.1) is 0 Å². The third-order valence-corrected chi connectivity index (χ3v) is 7.11. The zero-order valence-electron chi connectivity index (χ0n) is 9.08. The van der Waals surface area contributed by atoms with Crippen LogP contribution in [0.5, 0.6) is 0 Å². The van der Waals surface area contributed by atoms with Gasteiger partial charge in [-0.3, -0.25) is 4.67 Å². The topological polar surface area (TPSA) is 43.7 Å². The Hall–Kier alpha value is 0.150. The van der Waals surface area contributed by atoms with Gasteiger partial charge in [0.25, 0.3) is 0 Å². The largest absolute Gasteiger partial charge is 0.344 e. The maximum atomic E-state index is 8.54. The number of nitrogens with one attached hydrogen (secondary N) is 1. The van der Waals surface area contributed by atoms with E-state index in [2.05, 4.69) is 30.8 Å². The summed E-state index contributed by atoms with van der Waals surface area (Å²) < 4.78 is 2.46. The third-order valence-electron chi connectivity index (χ3n) is 3.02. The van der Waals surface area contributed by atoms with Gasteiger partial charge in [-0.05, 0) is 6.16 Å². The molecule has 0 aromatic carbocycles. The van der Waals surface area contributed by atoms with Crippen LogP contribution in [0.15, 0.2) is 0 Å². The molecule has 1 saturated heterocycles. The lowest BCUT2D eigenvalue weighted by Gasteiger charge is -2.38. The zero-order chi connectivity index (χ0) is 9.90. The molecule has 1 unspecified atom stereocenters. The Bertz CT molecular complexity index is 197. The highest BCUT2D eigenvalue weighted by atomic mass is 31.2. The minimum absolute atomic E-state index is 0.538. The Labute approximate surface area is 81.8 Å². The van der Waals surface area contributed by atoms with Crippen LogP contribution in [0.4, 0.5) is 0 Å². The van der Waals surface area contributed by atoms with Crippen molar-refractivity contribution in [2.24, 2.45) is 0 Å². The van der Waals surface area contributed by atoms with Gasteiger partial charge in [-0.25, -0.2) is 0 Å². The van der Waals surface area contributed by atoms with Gasteiger partial charge in [-0.2, -0.15) is 0 Å². The molecule has 0 bridgehead atoms. The first-order valence-electron chi connectivity index (χ1n) is 5.31. The SMILES string of the molecule is CCP(=N)(C(C)C)N1CC[NH2+]CC1. The normalized spacial score (nSPS) is 24.6. The summed E-state index contributed by atoms with van der Waals surface area (Å²) in [4.78, 5) is 0. The number of hydrogen-bond acceptors (Lipinski definition) is 1. The third kappa shape index (κ3) is 2.34. The molecule has 0 spiro atoms. The van der Waals surface area contributed by atoms with Gasteiger partial charge in [0.1, 0.15) is 0 Å². The maximum absolute atomic E-state index is 8.54. The second-order valence-electron chi connectivity index (χ2n) is 4.06. The van der Waals surface area contributed by atoms with Crippen LogP contribution >= 0.6 is 7.21 Å². The molecule has 1 atom stereocenters. The second kappa shape index (κ2) is 4.59. The van der Waals surface area contributed by atoms with E-state index in [4.69, 9.17) is 5.16 Å². The average Bonchev–Trinajstić information content (AvgIpc) is 2.17. The first kappa shape index (κ1) is 11.2. The number of nitrogens with two attached hydrogens (primary N) is 1. The molecule has 0 amide bonds. The van der Waals surface area contributed by atoms with E-state index in [1.165, 1.54) is 13.1 Å². The van der Waals surface area contributed by atoms with Gasteiger partial charge in [-0.1, -0.05) is 20.8 Å². The van der Waals surface area contributed by atoms with Gasteiger partial charge in [0.15, 0.2) is 0 Å². The van der Waals surface area contributed by atoms with Crippen LogP contribution in [0.1, 0.15) is 20.8 Å². The minimum atomic E-state index is -1.53. The summed E-state index contributed by atoms with van der Waals surface area (Å²) in [5.41, 5.74) is 0.538. The molecule has 0 saturated carbocycles. The molecular weight excluding hydrogens is 181 g/mol. The minimum Gasteiger partial charge on any atom is -0.344 e. The first-order chi connectivity index (χ1) is 6.11. The molecule has 78 valence electrons. The lowest BCUT2D eigenvalue weighted by atomic mass is 10.4. The molecule has 1 fully saturated rings. The molecule has 13 heavy (non-hydrogen) atoms. The molecule has 0 radical (unpaired) electrons. The fourth-order valence-corrected chi connectivity index (χ4v) is 4.71. The van der Waals surface area contributed by atoms with Crippen LogP contribution in [0.3, 0.4) is 0 Å². The zero-order valence-corrected chi connectivity index (χ0v) is 9.98. The highest BCUT2D eigenvalue weighted by Gasteiger charge is 2.29. The van der Waals surface area contributed by atoms with E-state index in [1.807, 2.05) is 0 Å². The predicted molar refractivity (Wildman–Crippen MR) is 58.5 cm³/mol. The van der Waals surface area contributed by atoms with Crippen LogP contribution in [0.2, 0.25) is 0 Å². The molecule has 0 aliphatic carbocycles. The fraction of sp³-hybridized carbons (Fsp3) is 1.00. The van der Waals surface area contributed by atoms with Crippen molar-refractivity contribution < 1.29 is 5.32 Å². The van der Waals surface area contributed by atoms with Gasteiger partial charge in [0.05, 0.1) is 26.2 Å². The Morgan fingerprint density at radius 3 is 2.31 bits per heavy atom. The van der Waals surface area contributed by atoms with Crippen molar-refractivity contribution in [1.82, 2.24) is 4.67 Å². The molecule has 1 rings (SSSR count). The molecule has 3 nitrogen and oxygen atoms in total. The van der Waals surface area contributed by atoms with E-state index in [-0.39, 0.29) is 0 Å². The summed E-state index contributed by atoms with van der Waals surface area (Å²) in [5.74, 6) is 0. The number of piperazine rings is 1. The van der Waals surface area contributed by atoms with Crippen LogP contribution in [-0.2, 0) is 0 Å². The molecule has 4 heteroatoms. The summed E-state index contributed by atoms with van der Waals surface area (Å²) in [7, 11) is -1.53. The Kier molecular flexibility index (Phi) is 3.96. The summed E-state index contributed by atoms with van der Waals surface area (Å²) in [5, 5.41) is 10.9. The highest BCUT2D eigenvalue weighted by molar-refractivity contribution is 7.63. The molecule has 3 N–H and O–H groups in total. The second-order valence-corrected chi connectivity index (χ2v) is 7.94. The molecule has 1 heterocycles. The molecular formula is C9H23N3P+. The van der Waals surface area contributed by atoms with Crippen LogP contribution in [0, 0.1) is 5.16 Å². The van der Waals surface area contributed by atoms with Gasteiger partial charge >= 0.3 is 0 Å². The summed E-state index contributed by atoms with van der Waals surface area (Å²) in [6.07, 6.45) is 1.05. The lowest BCUT2D eigenvalue weighted by Crippen LogP contribution is -2.89. The predicted octanol–water partition coefficient (Wildman–Crippen LogP) is 0.989. The van der Waals surface area contributed by atoms with Crippen molar-refractivity contribution in [1.29, 1.82) is 5.16 Å². The molecule has 0 aromatic rings.